The van der Waals surface area contributed by atoms with E-state index < -0.39 is 11.5 Å². The van der Waals surface area contributed by atoms with E-state index in [0.29, 0.717) is 54.2 Å². The van der Waals surface area contributed by atoms with Crippen molar-refractivity contribution in [1.82, 2.24) is 14.9 Å². The highest BCUT2D eigenvalue weighted by Gasteiger charge is 2.23. The van der Waals surface area contributed by atoms with Crippen LogP contribution in [-0.4, -0.2) is 52.9 Å². The first kappa shape index (κ1) is 23.3. The van der Waals surface area contributed by atoms with Gasteiger partial charge in [0.05, 0.1) is 21.4 Å². The number of anilines is 2. The number of halogens is 2. The van der Waals surface area contributed by atoms with E-state index >= 15 is 0 Å². The number of nitrogens with zero attached hydrogens (tertiary/aromatic N) is 3. The van der Waals surface area contributed by atoms with E-state index in [1.807, 2.05) is 17.0 Å². The molecular weight excluding hydrogens is 485 g/mol. The van der Waals surface area contributed by atoms with Gasteiger partial charge in [0.2, 0.25) is 5.91 Å². The van der Waals surface area contributed by atoms with Crippen molar-refractivity contribution in [2.45, 2.75) is 12.8 Å². The summed E-state index contributed by atoms with van der Waals surface area (Å²) < 4.78 is 0. The van der Waals surface area contributed by atoms with Gasteiger partial charge >= 0.3 is 0 Å². The largest absolute Gasteiger partial charge is 0.367 e. The number of rotatable bonds is 6. The van der Waals surface area contributed by atoms with E-state index in [4.69, 9.17) is 23.2 Å². The van der Waals surface area contributed by atoms with Crippen molar-refractivity contribution >= 4 is 57.2 Å². The van der Waals surface area contributed by atoms with Gasteiger partial charge in [0, 0.05) is 44.2 Å². The Morgan fingerprint density at radius 1 is 1.12 bits per heavy atom. The number of aromatic nitrogens is 2. The number of piperazine rings is 1. The molecule has 2 aromatic heterocycles. The predicted molar refractivity (Wildman–Crippen MR) is 131 cm³/mol. The zero-order chi connectivity index (χ0) is 23.4. The molecule has 0 spiro atoms. The Kier molecular flexibility index (Phi) is 7.32. The lowest BCUT2D eigenvalue weighted by Crippen LogP contribution is -2.49. The first-order valence-electron chi connectivity index (χ1n) is 10.3. The second kappa shape index (κ2) is 10.4. The van der Waals surface area contributed by atoms with Gasteiger partial charge in [0.25, 0.3) is 11.5 Å². The van der Waals surface area contributed by atoms with Gasteiger partial charge < -0.3 is 14.8 Å². The highest BCUT2D eigenvalue weighted by molar-refractivity contribution is 7.14. The van der Waals surface area contributed by atoms with Crippen molar-refractivity contribution in [3.8, 4) is 0 Å². The molecule has 8 nitrogen and oxygen atoms in total. The van der Waals surface area contributed by atoms with Gasteiger partial charge in [-0.2, -0.15) is 0 Å². The summed E-state index contributed by atoms with van der Waals surface area (Å²) in [6, 6.07) is 8.58. The average Bonchev–Trinajstić information content (AvgIpc) is 3.27. The molecule has 1 fully saturated rings. The number of pyridine rings is 1. The summed E-state index contributed by atoms with van der Waals surface area (Å²) >= 11 is 13.7. The van der Waals surface area contributed by atoms with Gasteiger partial charge in [0.1, 0.15) is 5.56 Å². The second-order valence-corrected chi connectivity index (χ2v) is 9.10. The third-order valence-electron chi connectivity index (χ3n) is 5.33. The molecule has 1 aliphatic rings. The predicted octanol–water partition coefficient (Wildman–Crippen LogP) is 3.67. The Morgan fingerprint density at radius 2 is 1.91 bits per heavy atom. The number of thiazole rings is 1. The van der Waals surface area contributed by atoms with E-state index in [1.165, 1.54) is 23.6 Å². The van der Waals surface area contributed by atoms with Crippen LogP contribution < -0.4 is 15.8 Å². The number of amides is 2. The fourth-order valence-corrected chi connectivity index (χ4v) is 4.73. The van der Waals surface area contributed by atoms with Crippen LogP contribution in [0.2, 0.25) is 10.0 Å². The molecule has 3 heterocycles. The van der Waals surface area contributed by atoms with Gasteiger partial charge in [-0.15, -0.1) is 11.3 Å². The van der Waals surface area contributed by atoms with Gasteiger partial charge in [-0.25, -0.2) is 4.98 Å². The molecule has 4 rings (SSSR count). The fourth-order valence-electron chi connectivity index (χ4n) is 3.57. The lowest BCUT2D eigenvalue weighted by atomic mass is 10.2. The third-order valence-corrected chi connectivity index (χ3v) is 6.95. The molecule has 0 bridgehead atoms. The third kappa shape index (κ3) is 5.55. The van der Waals surface area contributed by atoms with Gasteiger partial charge in [-0.1, -0.05) is 29.3 Å². The summed E-state index contributed by atoms with van der Waals surface area (Å²) in [4.78, 5) is 47.4. The monoisotopic (exact) mass is 505 g/mol. The molecule has 0 atom stereocenters. The van der Waals surface area contributed by atoms with Crippen LogP contribution in [-0.2, 0) is 11.2 Å². The minimum atomic E-state index is -0.522. The van der Waals surface area contributed by atoms with Crippen LogP contribution in [0.5, 0.6) is 0 Å². The van der Waals surface area contributed by atoms with E-state index in [9.17, 15) is 14.4 Å². The number of hydrogen-bond acceptors (Lipinski definition) is 6. The number of carbonyl (C=O) groups excluding carboxylic acids is 2. The molecule has 0 unspecified atom stereocenters. The molecule has 0 radical (unpaired) electrons. The summed E-state index contributed by atoms with van der Waals surface area (Å²) in [7, 11) is 0. The number of H-pyrrole nitrogens is 1. The molecule has 1 aromatic carbocycles. The van der Waals surface area contributed by atoms with Gasteiger partial charge in [-0.3, -0.25) is 19.7 Å². The summed E-state index contributed by atoms with van der Waals surface area (Å²) in [6.07, 6.45) is 2.26. The van der Waals surface area contributed by atoms with Crippen molar-refractivity contribution in [3.63, 3.8) is 0 Å². The lowest BCUT2D eigenvalue weighted by Gasteiger charge is -2.36. The zero-order valence-electron chi connectivity index (χ0n) is 17.5. The van der Waals surface area contributed by atoms with Crippen molar-refractivity contribution in [3.05, 3.63) is 73.6 Å². The van der Waals surface area contributed by atoms with Gasteiger partial charge in [0.15, 0.2) is 5.13 Å². The first-order valence-corrected chi connectivity index (χ1v) is 12.0. The van der Waals surface area contributed by atoms with E-state index in [2.05, 4.69) is 20.2 Å². The number of carbonyl (C=O) groups is 2. The topological polar surface area (TPSA) is 98.4 Å². The van der Waals surface area contributed by atoms with Crippen LogP contribution in [0.1, 0.15) is 22.5 Å². The summed E-state index contributed by atoms with van der Waals surface area (Å²) in [6.45, 7) is 2.56. The first-order chi connectivity index (χ1) is 15.9. The van der Waals surface area contributed by atoms with Crippen molar-refractivity contribution in [2.24, 2.45) is 0 Å². The van der Waals surface area contributed by atoms with Crippen LogP contribution in [0, 0.1) is 0 Å². The molecule has 3 aromatic rings. The lowest BCUT2D eigenvalue weighted by molar-refractivity contribution is -0.131. The van der Waals surface area contributed by atoms with E-state index in [-0.39, 0.29) is 11.5 Å². The Balaban J connectivity index is 1.26. The number of hydrogen-bond donors (Lipinski definition) is 2. The van der Waals surface area contributed by atoms with Crippen molar-refractivity contribution in [1.29, 1.82) is 0 Å². The molecule has 0 aliphatic carbocycles. The highest BCUT2D eigenvalue weighted by Crippen LogP contribution is 2.33. The van der Waals surface area contributed by atoms with E-state index in [1.54, 1.807) is 17.5 Å². The number of aromatic amines is 1. The Labute approximate surface area is 204 Å². The summed E-state index contributed by atoms with van der Waals surface area (Å²) in [5, 5.41) is 5.86. The van der Waals surface area contributed by atoms with E-state index in [0.717, 1.165) is 11.4 Å². The van der Waals surface area contributed by atoms with Crippen molar-refractivity contribution < 1.29 is 9.59 Å². The average molecular weight is 506 g/mol. The second-order valence-electron chi connectivity index (χ2n) is 7.45. The Morgan fingerprint density at radius 3 is 2.67 bits per heavy atom. The fraction of sp³-hybridized carbons (Fsp3) is 0.273. The molecule has 1 aliphatic heterocycles. The Bertz CT molecular complexity index is 1220. The molecule has 2 N–H and O–H groups in total. The summed E-state index contributed by atoms with van der Waals surface area (Å²) in [5.74, 6) is -0.465. The Hall–Kier alpha value is -2.88. The molecule has 1 saturated heterocycles. The highest BCUT2D eigenvalue weighted by atomic mass is 35.5. The van der Waals surface area contributed by atoms with Crippen LogP contribution in [0.15, 0.2) is 46.7 Å². The molecule has 2 amide bonds. The van der Waals surface area contributed by atoms with Gasteiger partial charge in [-0.05, 0) is 30.7 Å². The smallest absolute Gasteiger partial charge is 0.263 e. The maximum atomic E-state index is 12.7. The van der Waals surface area contributed by atoms with Crippen molar-refractivity contribution in [2.75, 3.05) is 36.4 Å². The maximum Gasteiger partial charge on any atom is 0.263 e. The zero-order valence-corrected chi connectivity index (χ0v) is 19.8. The minimum absolute atomic E-state index is 0.0163. The SMILES string of the molecule is O=C(Nc1nc(CCC(=O)N2CCN(c3cccc(Cl)c3Cl)CC2)cs1)c1ccc[nH]c1=O. The molecule has 0 saturated carbocycles. The standard InChI is InChI=1S/C22H21Cl2N5O3S/c23-16-4-1-5-17(19(16)24)28-9-11-29(12-10-28)18(30)7-6-14-13-33-22(26-14)27-21(32)15-3-2-8-25-20(15)31/h1-5,8,13H,6-7,9-12H2,(H,25,31)(H,26,27,32). The molecule has 172 valence electrons. The maximum absolute atomic E-state index is 12.7. The van der Waals surface area contributed by atoms with Crippen LogP contribution in [0.3, 0.4) is 0 Å². The summed E-state index contributed by atoms with van der Waals surface area (Å²) in [5.41, 5.74) is 1.15. The molecule has 11 heteroatoms. The van der Waals surface area contributed by atoms with Crippen LogP contribution in [0.25, 0.3) is 0 Å². The number of benzene rings is 1. The quantitative estimate of drug-likeness (QED) is 0.532. The number of nitrogens with one attached hydrogen (secondary N) is 2. The molecular formula is C22H21Cl2N5O3S. The number of aryl methyl sites for hydroxylation is 1. The normalized spacial score (nSPS) is 13.8. The minimum Gasteiger partial charge on any atom is -0.367 e. The van der Waals surface area contributed by atoms with Crippen LogP contribution >= 0.6 is 34.5 Å². The molecule has 33 heavy (non-hydrogen) atoms. The van der Waals surface area contributed by atoms with Crippen LogP contribution in [0.4, 0.5) is 10.8 Å².